The first-order valence-electron chi connectivity index (χ1n) is 7.95. The van der Waals surface area contributed by atoms with Crippen LogP contribution in [-0.2, 0) is 11.8 Å². The maximum absolute atomic E-state index is 12.4. The van der Waals surface area contributed by atoms with Crippen LogP contribution in [0.3, 0.4) is 0 Å². The molecular formula is C15H25N5O2. The highest BCUT2D eigenvalue weighted by Crippen LogP contribution is 2.32. The van der Waals surface area contributed by atoms with Gasteiger partial charge in [0.15, 0.2) is 0 Å². The monoisotopic (exact) mass is 307 g/mol. The Morgan fingerprint density at radius 2 is 2.14 bits per heavy atom. The number of urea groups is 1. The van der Waals surface area contributed by atoms with E-state index in [1.807, 2.05) is 24.3 Å². The Morgan fingerprint density at radius 3 is 2.68 bits per heavy atom. The number of carbonyl (C=O) groups is 1. The summed E-state index contributed by atoms with van der Waals surface area (Å²) < 4.78 is 7.02. The van der Waals surface area contributed by atoms with Crippen molar-refractivity contribution in [2.45, 2.75) is 18.9 Å². The van der Waals surface area contributed by atoms with Gasteiger partial charge in [-0.15, -0.1) is 0 Å². The molecule has 1 aromatic rings. The fourth-order valence-corrected chi connectivity index (χ4v) is 2.96. The fourth-order valence-electron chi connectivity index (χ4n) is 2.96. The number of piperazine rings is 1. The Balaban J connectivity index is 1.49. The van der Waals surface area contributed by atoms with Crippen LogP contribution in [-0.4, -0.2) is 66.6 Å². The van der Waals surface area contributed by atoms with Crippen LogP contribution in [0.1, 0.15) is 12.8 Å². The molecule has 7 heteroatoms. The largest absolute Gasteiger partial charge is 0.383 e. The van der Waals surface area contributed by atoms with Crippen LogP contribution in [0.15, 0.2) is 12.4 Å². The van der Waals surface area contributed by atoms with Gasteiger partial charge >= 0.3 is 6.03 Å². The van der Waals surface area contributed by atoms with E-state index in [2.05, 4.69) is 15.3 Å². The molecule has 3 rings (SSSR count). The molecule has 0 unspecified atom stereocenters. The van der Waals surface area contributed by atoms with Crippen molar-refractivity contribution in [1.29, 1.82) is 0 Å². The number of nitrogens with one attached hydrogen (secondary N) is 1. The van der Waals surface area contributed by atoms with Crippen LogP contribution < -0.4 is 10.2 Å². The first-order chi connectivity index (χ1) is 10.7. The summed E-state index contributed by atoms with van der Waals surface area (Å²) >= 11 is 0. The minimum absolute atomic E-state index is 0.0415. The minimum atomic E-state index is 0.0415. The highest BCUT2D eigenvalue weighted by atomic mass is 16.5. The van der Waals surface area contributed by atoms with E-state index in [-0.39, 0.29) is 12.1 Å². The second-order valence-electron chi connectivity index (χ2n) is 6.20. The van der Waals surface area contributed by atoms with E-state index < -0.39 is 0 Å². The van der Waals surface area contributed by atoms with Crippen molar-refractivity contribution in [3.05, 3.63) is 12.4 Å². The minimum Gasteiger partial charge on any atom is -0.383 e. The number of anilines is 1. The van der Waals surface area contributed by atoms with Crippen molar-refractivity contribution < 1.29 is 9.53 Å². The molecule has 0 radical (unpaired) electrons. The van der Waals surface area contributed by atoms with Crippen molar-refractivity contribution in [2.24, 2.45) is 13.0 Å². The number of rotatable bonds is 5. The van der Waals surface area contributed by atoms with Gasteiger partial charge in [-0.25, -0.2) is 4.79 Å². The summed E-state index contributed by atoms with van der Waals surface area (Å²) in [5.41, 5.74) is 1.12. The maximum Gasteiger partial charge on any atom is 0.317 e. The van der Waals surface area contributed by atoms with Gasteiger partial charge in [-0.1, -0.05) is 0 Å². The lowest BCUT2D eigenvalue weighted by Crippen LogP contribution is -2.54. The third kappa shape index (κ3) is 3.52. The molecule has 1 aliphatic carbocycles. The number of aryl methyl sites for hydroxylation is 1. The molecule has 122 valence electrons. The molecule has 1 aliphatic heterocycles. The molecular weight excluding hydrogens is 282 g/mol. The molecule has 0 aromatic carbocycles. The Kier molecular flexibility index (Phi) is 4.52. The summed E-state index contributed by atoms with van der Waals surface area (Å²) in [5, 5.41) is 7.34. The summed E-state index contributed by atoms with van der Waals surface area (Å²) in [7, 11) is 3.61. The molecule has 2 amide bonds. The Labute approximate surface area is 131 Å². The topological polar surface area (TPSA) is 62.6 Å². The van der Waals surface area contributed by atoms with Crippen molar-refractivity contribution in [3.8, 4) is 0 Å². The number of amides is 2. The molecule has 1 aromatic heterocycles. The predicted octanol–water partition coefficient (Wildman–Crippen LogP) is 0.677. The van der Waals surface area contributed by atoms with Crippen molar-refractivity contribution in [1.82, 2.24) is 20.0 Å². The second-order valence-corrected chi connectivity index (χ2v) is 6.20. The van der Waals surface area contributed by atoms with Crippen LogP contribution in [0.25, 0.3) is 0 Å². The number of aromatic nitrogens is 2. The van der Waals surface area contributed by atoms with Crippen LogP contribution in [0.4, 0.5) is 10.5 Å². The van der Waals surface area contributed by atoms with E-state index in [1.165, 1.54) is 12.8 Å². The van der Waals surface area contributed by atoms with Crippen molar-refractivity contribution >= 4 is 11.7 Å². The summed E-state index contributed by atoms with van der Waals surface area (Å²) in [6.45, 7) is 3.78. The van der Waals surface area contributed by atoms with Gasteiger partial charge < -0.3 is 19.9 Å². The number of hydrogen-bond acceptors (Lipinski definition) is 4. The number of methoxy groups -OCH3 is 1. The van der Waals surface area contributed by atoms with E-state index in [0.717, 1.165) is 31.9 Å². The molecule has 0 spiro atoms. The van der Waals surface area contributed by atoms with E-state index in [9.17, 15) is 4.79 Å². The fraction of sp³-hybridized carbons (Fsp3) is 0.733. The highest BCUT2D eigenvalue weighted by Gasteiger charge is 2.33. The van der Waals surface area contributed by atoms with Gasteiger partial charge in [-0.3, -0.25) is 4.68 Å². The number of nitrogens with zero attached hydrogens (tertiary/aromatic N) is 4. The van der Waals surface area contributed by atoms with E-state index in [0.29, 0.717) is 12.5 Å². The quantitative estimate of drug-likeness (QED) is 0.869. The second kappa shape index (κ2) is 6.56. The van der Waals surface area contributed by atoms with Gasteiger partial charge in [-0.2, -0.15) is 5.10 Å². The SMILES string of the molecule is COC[C@H](NC(=O)N1CCN(c2cnn(C)c2)CC1)C1CC1. The summed E-state index contributed by atoms with van der Waals surface area (Å²) in [6, 6.07) is 0.202. The normalized spacial score (nSPS) is 20.1. The number of hydrogen-bond donors (Lipinski definition) is 1. The summed E-state index contributed by atoms with van der Waals surface area (Å²) in [4.78, 5) is 16.6. The lowest BCUT2D eigenvalue weighted by atomic mass is 10.2. The molecule has 1 saturated heterocycles. The van der Waals surface area contributed by atoms with Gasteiger partial charge in [0.1, 0.15) is 0 Å². The molecule has 2 fully saturated rings. The zero-order valence-electron chi connectivity index (χ0n) is 13.4. The molecule has 2 aliphatic rings. The van der Waals surface area contributed by atoms with Gasteiger partial charge in [0, 0.05) is 46.5 Å². The van der Waals surface area contributed by atoms with E-state index in [1.54, 1.807) is 11.8 Å². The maximum atomic E-state index is 12.4. The average Bonchev–Trinajstić information content (AvgIpc) is 3.28. The van der Waals surface area contributed by atoms with Crippen molar-refractivity contribution in [3.63, 3.8) is 0 Å². The van der Waals surface area contributed by atoms with Crippen LogP contribution in [0.2, 0.25) is 0 Å². The zero-order valence-corrected chi connectivity index (χ0v) is 13.4. The third-order valence-corrected chi connectivity index (χ3v) is 4.47. The first kappa shape index (κ1) is 15.1. The zero-order chi connectivity index (χ0) is 15.5. The molecule has 1 N–H and O–H groups in total. The highest BCUT2D eigenvalue weighted by molar-refractivity contribution is 5.75. The predicted molar refractivity (Wildman–Crippen MR) is 83.9 cm³/mol. The van der Waals surface area contributed by atoms with E-state index in [4.69, 9.17) is 4.74 Å². The van der Waals surface area contributed by atoms with Crippen LogP contribution in [0.5, 0.6) is 0 Å². The van der Waals surface area contributed by atoms with Gasteiger partial charge in [0.25, 0.3) is 0 Å². The molecule has 22 heavy (non-hydrogen) atoms. The lowest BCUT2D eigenvalue weighted by molar-refractivity contribution is 0.146. The van der Waals surface area contributed by atoms with Gasteiger partial charge in [-0.05, 0) is 18.8 Å². The van der Waals surface area contributed by atoms with Gasteiger partial charge in [0.05, 0.1) is 24.5 Å². The lowest BCUT2D eigenvalue weighted by Gasteiger charge is -2.36. The van der Waals surface area contributed by atoms with Crippen LogP contribution in [0, 0.1) is 5.92 Å². The molecule has 7 nitrogen and oxygen atoms in total. The van der Waals surface area contributed by atoms with Crippen LogP contribution >= 0.6 is 0 Å². The summed E-state index contributed by atoms with van der Waals surface area (Å²) in [6.07, 6.45) is 6.28. The molecule has 2 heterocycles. The van der Waals surface area contributed by atoms with Gasteiger partial charge in [0.2, 0.25) is 0 Å². The summed E-state index contributed by atoms with van der Waals surface area (Å²) in [5.74, 6) is 0.598. The molecule has 1 atom stereocenters. The smallest absolute Gasteiger partial charge is 0.317 e. The number of ether oxygens (including phenoxy) is 1. The molecule has 1 saturated carbocycles. The Bertz CT molecular complexity index is 506. The number of carbonyl (C=O) groups excluding carboxylic acids is 1. The Hall–Kier alpha value is -1.76. The Morgan fingerprint density at radius 1 is 1.41 bits per heavy atom. The van der Waals surface area contributed by atoms with Crippen molar-refractivity contribution in [2.75, 3.05) is 44.8 Å². The standard InChI is InChI=1S/C15H25N5O2/c1-18-10-13(9-16-18)19-5-7-20(8-6-19)15(21)17-14(11-22-2)12-3-4-12/h9-10,12,14H,3-8,11H2,1-2H3,(H,17,21)/t14-/m0/s1. The van der Waals surface area contributed by atoms with E-state index >= 15 is 0 Å². The first-order valence-corrected chi connectivity index (χ1v) is 7.95. The third-order valence-electron chi connectivity index (χ3n) is 4.47. The molecule has 0 bridgehead atoms. The average molecular weight is 307 g/mol.